The van der Waals surface area contributed by atoms with Gasteiger partial charge in [0, 0.05) is 23.4 Å². The Kier molecular flexibility index (Phi) is 6.06. The number of hydrogen-bond donors (Lipinski definition) is 0. The molecule has 0 fully saturated rings. The Hall–Kier alpha value is -0.380. The van der Waals surface area contributed by atoms with Crippen molar-refractivity contribution < 1.29 is 0 Å². The maximum atomic E-state index is 6.06. The molecule has 2 aromatic rings. The first-order chi connectivity index (χ1) is 9.67. The maximum absolute atomic E-state index is 6.06. The minimum absolute atomic E-state index is 0.429. The van der Waals surface area contributed by atoms with Gasteiger partial charge in [-0.1, -0.05) is 18.5 Å². The predicted molar refractivity (Wildman–Crippen MR) is 91.5 cm³/mol. The van der Waals surface area contributed by atoms with Crippen molar-refractivity contribution in [2.24, 2.45) is 0 Å². The summed E-state index contributed by atoms with van der Waals surface area (Å²) in [6.07, 6.45) is 1.93. The molecule has 0 aliphatic heterocycles. The lowest BCUT2D eigenvalue weighted by Crippen LogP contribution is -2.11. The van der Waals surface area contributed by atoms with Crippen LogP contribution in [0.5, 0.6) is 0 Å². The Morgan fingerprint density at radius 2 is 2.20 bits per heavy atom. The average molecular weight is 331 g/mol. The molecule has 0 aliphatic carbocycles. The van der Waals surface area contributed by atoms with E-state index in [1.165, 1.54) is 11.5 Å². The van der Waals surface area contributed by atoms with Crippen LogP contribution in [0.25, 0.3) is 11.0 Å². The second kappa shape index (κ2) is 7.58. The quantitative estimate of drug-likeness (QED) is 0.514. The number of nitrogens with zero attached hydrogens (tertiary/aromatic N) is 2. The molecule has 2 nitrogen and oxygen atoms in total. The van der Waals surface area contributed by atoms with E-state index in [1.807, 2.05) is 23.9 Å². The van der Waals surface area contributed by atoms with Gasteiger partial charge in [-0.05, 0) is 43.0 Å². The fraction of sp³-hybridized carbons (Fsp3) is 0.533. The van der Waals surface area contributed by atoms with E-state index in [0.717, 1.165) is 34.7 Å². The van der Waals surface area contributed by atoms with E-state index in [4.69, 9.17) is 28.2 Å². The number of alkyl halides is 1. The van der Waals surface area contributed by atoms with Gasteiger partial charge in [-0.15, -0.1) is 11.6 Å². The highest BCUT2D eigenvalue weighted by Gasteiger charge is 2.15. The summed E-state index contributed by atoms with van der Waals surface area (Å²) in [6.45, 7) is 4.45. The number of benzene rings is 1. The van der Waals surface area contributed by atoms with Crippen LogP contribution in [0.1, 0.15) is 32.1 Å². The van der Waals surface area contributed by atoms with E-state index in [1.54, 1.807) is 0 Å². The fourth-order valence-corrected chi connectivity index (χ4v) is 3.53. The van der Waals surface area contributed by atoms with E-state index >= 15 is 0 Å². The Bertz CT molecular complexity index is 568. The molecule has 1 aromatic carbocycles. The van der Waals surface area contributed by atoms with Gasteiger partial charge >= 0.3 is 0 Å². The fourth-order valence-electron chi connectivity index (χ4n) is 2.40. The van der Waals surface area contributed by atoms with Crippen molar-refractivity contribution in [3.05, 3.63) is 29.0 Å². The van der Waals surface area contributed by atoms with E-state index in [9.17, 15) is 0 Å². The average Bonchev–Trinajstić information content (AvgIpc) is 2.76. The second-order valence-electron chi connectivity index (χ2n) is 4.80. The molecule has 0 amide bonds. The summed E-state index contributed by atoms with van der Waals surface area (Å²) in [5.74, 6) is 3.99. The molecule has 0 aliphatic rings. The van der Waals surface area contributed by atoms with Crippen molar-refractivity contribution in [3.8, 4) is 0 Å². The van der Waals surface area contributed by atoms with E-state index in [2.05, 4.69) is 24.5 Å². The molecule has 110 valence electrons. The summed E-state index contributed by atoms with van der Waals surface area (Å²) in [5, 5.41) is 0.730. The van der Waals surface area contributed by atoms with Gasteiger partial charge in [0.2, 0.25) is 0 Å². The monoisotopic (exact) mass is 330 g/mol. The van der Waals surface area contributed by atoms with E-state index < -0.39 is 0 Å². The van der Waals surface area contributed by atoms with Gasteiger partial charge in [-0.2, -0.15) is 11.8 Å². The molecule has 5 heteroatoms. The molecule has 1 atom stereocenters. The third-order valence-electron chi connectivity index (χ3n) is 3.37. The Morgan fingerprint density at radius 3 is 2.90 bits per heavy atom. The lowest BCUT2D eigenvalue weighted by Gasteiger charge is -2.17. The van der Waals surface area contributed by atoms with Gasteiger partial charge in [0.1, 0.15) is 5.82 Å². The highest BCUT2D eigenvalue weighted by Crippen LogP contribution is 2.26. The summed E-state index contributed by atoms with van der Waals surface area (Å²) in [7, 11) is 0. The number of rotatable bonds is 7. The SMILES string of the molecule is CCSCCC(C)n1c(CCCl)nc2cc(Cl)ccc21. The van der Waals surface area contributed by atoms with E-state index in [-0.39, 0.29) is 0 Å². The van der Waals surface area contributed by atoms with Crippen molar-refractivity contribution in [3.63, 3.8) is 0 Å². The number of halogens is 2. The molecule has 0 saturated carbocycles. The van der Waals surface area contributed by atoms with Crippen LogP contribution >= 0.6 is 35.0 Å². The molecule has 1 unspecified atom stereocenters. The topological polar surface area (TPSA) is 17.8 Å². The van der Waals surface area contributed by atoms with Crippen molar-refractivity contribution in [2.75, 3.05) is 17.4 Å². The number of fused-ring (bicyclic) bond motifs is 1. The van der Waals surface area contributed by atoms with Gasteiger partial charge in [-0.3, -0.25) is 0 Å². The standard InChI is InChI=1S/C15H20Cl2N2S/c1-3-20-9-7-11(2)19-14-5-4-12(17)10-13(14)18-15(19)6-8-16/h4-5,10-11H,3,6-9H2,1-2H3. The minimum Gasteiger partial charge on any atom is -0.325 e. The third kappa shape index (κ3) is 3.63. The summed E-state index contributed by atoms with van der Waals surface area (Å²) >= 11 is 14.0. The Morgan fingerprint density at radius 1 is 1.40 bits per heavy atom. The molecular formula is C15H20Cl2N2S. The molecule has 1 heterocycles. The summed E-state index contributed by atoms with van der Waals surface area (Å²) in [6, 6.07) is 6.35. The maximum Gasteiger partial charge on any atom is 0.111 e. The van der Waals surface area contributed by atoms with Crippen LogP contribution in [0.15, 0.2) is 18.2 Å². The molecule has 0 bridgehead atoms. The molecule has 2 rings (SSSR count). The Balaban J connectivity index is 2.34. The lowest BCUT2D eigenvalue weighted by molar-refractivity contribution is 0.528. The van der Waals surface area contributed by atoms with Crippen molar-refractivity contribution in [1.82, 2.24) is 9.55 Å². The number of imidazole rings is 1. The normalized spacial score (nSPS) is 13.0. The number of thioether (sulfide) groups is 1. The zero-order valence-electron chi connectivity index (χ0n) is 11.9. The molecule has 20 heavy (non-hydrogen) atoms. The third-order valence-corrected chi connectivity index (χ3v) is 4.72. The van der Waals surface area contributed by atoms with Crippen LogP contribution in [0.3, 0.4) is 0 Å². The lowest BCUT2D eigenvalue weighted by atomic mass is 10.2. The summed E-state index contributed by atoms with van der Waals surface area (Å²) < 4.78 is 2.32. The zero-order chi connectivity index (χ0) is 14.5. The van der Waals surface area contributed by atoms with Crippen LogP contribution < -0.4 is 0 Å². The molecule has 0 N–H and O–H groups in total. The summed E-state index contributed by atoms with van der Waals surface area (Å²) in [5.41, 5.74) is 2.12. The largest absolute Gasteiger partial charge is 0.325 e. The van der Waals surface area contributed by atoms with Crippen molar-refractivity contribution in [1.29, 1.82) is 0 Å². The van der Waals surface area contributed by atoms with Crippen LogP contribution in [-0.2, 0) is 6.42 Å². The van der Waals surface area contributed by atoms with Crippen LogP contribution in [0.4, 0.5) is 0 Å². The van der Waals surface area contributed by atoms with Crippen molar-refractivity contribution in [2.45, 2.75) is 32.7 Å². The zero-order valence-corrected chi connectivity index (χ0v) is 14.2. The Labute approximate surface area is 134 Å². The first-order valence-corrected chi connectivity index (χ1v) is 9.04. The predicted octanol–water partition coefficient (Wildman–Crippen LogP) is 5.18. The number of aryl methyl sites for hydroxylation is 1. The molecule has 1 aromatic heterocycles. The minimum atomic E-state index is 0.429. The van der Waals surface area contributed by atoms with Crippen molar-refractivity contribution >= 4 is 46.0 Å². The molecule has 0 spiro atoms. The van der Waals surface area contributed by atoms with Gasteiger partial charge in [0.25, 0.3) is 0 Å². The smallest absolute Gasteiger partial charge is 0.111 e. The van der Waals surface area contributed by atoms with Crippen LogP contribution in [0, 0.1) is 0 Å². The highest BCUT2D eigenvalue weighted by atomic mass is 35.5. The van der Waals surface area contributed by atoms with E-state index in [0.29, 0.717) is 11.9 Å². The van der Waals surface area contributed by atoms with Crippen LogP contribution in [-0.4, -0.2) is 26.9 Å². The van der Waals surface area contributed by atoms with Gasteiger partial charge < -0.3 is 4.57 Å². The number of hydrogen-bond acceptors (Lipinski definition) is 2. The van der Waals surface area contributed by atoms with Gasteiger partial charge in [0.05, 0.1) is 11.0 Å². The number of aromatic nitrogens is 2. The van der Waals surface area contributed by atoms with Gasteiger partial charge in [-0.25, -0.2) is 4.98 Å². The highest BCUT2D eigenvalue weighted by molar-refractivity contribution is 7.99. The second-order valence-corrected chi connectivity index (χ2v) is 7.01. The molecular weight excluding hydrogens is 311 g/mol. The first-order valence-electron chi connectivity index (χ1n) is 6.97. The molecule has 0 saturated heterocycles. The van der Waals surface area contributed by atoms with Gasteiger partial charge in [0.15, 0.2) is 0 Å². The molecule has 0 radical (unpaired) electrons. The van der Waals surface area contributed by atoms with Crippen LogP contribution in [0.2, 0.25) is 5.02 Å². The summed E-state index contributed by atoms with van der Waals surface area (Å²) in [4.78, 5) is 4.70. The first kappa shape index (κ1) is 16.0.